The van der Waals surface area contributed by atoms with Crippen molar-refractivity contribution in [3.8, 4) is 11.5 Å². The predicted molar refractivity (Wildman–Crippen MR) is 134 cm³/mol. The van der Waals surface area contributed by atoms with Gasteiger partial charge in [0.15, 0.2) is 5.79 Å². The van der Waals surface area contributed by atoms with Crippen LogP contribution in [0.5, 0.6) is 11.5 Å². The quantitative estimate of drug-likeness (QED) is 0.319. The molecule has 212 valence electrons. The molecule has 3 N–H and O–H groups in total. The molecule has 1 aromatic carbocycles. The third-order valence-corrected chi connectivity index (χ3v) is 8.14. The van der Waals surface area contributed by atoms with E-state index >= 15 is 0 Å². The van der Waals surface area contributed by atoms with Crippen molar-refractivity contribution in [3.63, 3.8) is 0 Å². The fourth-order valence-electron chi connectivity index (χ4n) is 6.08. The van der Waals surface area contributed by atoms with Crippen LogP contribution in [0.3, 0.4) is 0 Å². The van der Waals surface area contributed by atoms with Gasteiger partial charge in [0.2, 0.25) is 6.29 Å². The Labute approximate surface area is 223 Å². The van der Waals surface area contributed by atoms with Gasteiger partial charge in [0.05, 0.1) is 25.9 Å². The number of aliphatic hydroxyl groups is 3. The number of benzene rings is 1. The van der Waals surface area contributed by atoms with E-state index in [1.807, 2.05) is 0 Å². The van der Waals surface area contributed by atoms with Crippen molar-refractivity contribution in [1.29, 1.82) is 0 Å². The monoisotopic (exact) mass is 536 g/mol. The van der Waals surface area contributed by atoms with Crippen LogP contribution in [0.4, 0.5) is 0 Å². The SMILES string of the molecule is COc1cc(O[C@@H]2OC[C@@H](O)[C@H](O)[C@H]2O)cc2c1C(=O)O[C@@H]2CCCCC[C@@H]1CCC[C@]2(CC[C@@H](C)O2)O1. The van der Waals surface area contributed by atoms with Crippen molar-refractivity contribution in [1.82, 2.24) is 0 Å². The maximum Gasteiger partial charge on any atom is 0.342 e. The third kappa shape index (κ3) is 5.80. The molecule has 4 heterocycles. The van der Waals surface area contributed by atoms with E-state index in [0.717, 1.165) is 57.8 Å². The fourth-order valence-corrected chi connectivity index (χ4v) is 6.08. The minimum absolute atomic E-state index is 0.172. The Morgan fingerprint density at radius 2 is 1.84 bits per heavy atom. The van der Waals surface area contributed by atoms with Crippen LogP contribution in [0.25, 0.3) is 0 Å². The minimum atomic E-state index is -1.43. The van der Waals surface area contributed by atoms with Crippen molar-refractivity contribution < 1.29 is 48.5 Å². The molecule has 4 aliphatic heterocycles. The molecular formula is C28H40O10. The summed E-state index contributed by atoms with van der Waals surface area (Å²) in [7, 11) is 1.46. The first-order valence-electron chi connectivity index (χ1n) is 13.9. The van der Waals surface area contributed by atoms with E-state index in [1.165, 1.54) is 13.2 Å². The number of unbranched alkanes of at least 4 members (excludes halogenated alkanes) is 2. The zero-order valence-corrected chi connectivity index (χ0v) is 22.2. The van der Waals surface area contributed by atoms with Gasteiger partial charge in [-0.05, 0) is 51.5 Å². The summed E-state index contributed by atoms with van der Waals surface area (Å²) in [6, 6.07) is 3.22. The fraction of sp³-hybridized carbons (Fsp3) is 0.750. The molecule has 38 heavy (non-hydrogen) atoms. The molecule has 0 aliphatic carbocycles. The van der Waals surface area contributed by atoms with Crippen LogP contribution in [-0.4, -0.2) is 77.6 Å². The van der Waals surface area contributed by atoms with E-state index in [0.29, 0.717) is 29.0 Å². The number of cyclic esters (lactones) is 1. The summed E-state index contributed by atoms with van der Waals surface area (Å²) in [6.45, 7) is 1.94. The zero-order chi connectivity index (χ0) is 26.9. The second kappa shape index (κ2) is 11.7. The Morgan fingerprint density at radius 3 is 2.61 bits per heavy atom. The molecule has 1 spiro atoms. The molecule has 4 aliphatic rings. The molecule has 0 radical (unpaired) electrons. The van der Waals surface area contributed by atoms with E-state index < -0.39 is 36.7 Å². The Balaban J connectivity index is 1.15. The molecule has 10 nitrogen and oxygen atoms in total. The van der Waals surface area contributed by atoms with Gasteiger partial charge in [0.1, 0.15) is 41.5 Å². The van der Waals surface area contributed by atoms with Gasteiger partial charge in [0, 0.05) is 24.5 Å². The van der Waals surface area contributed by atoms with Gasteiger partial charge in [-0.2, -0.15) is 0 Å². The lowest BCUT2D eigenvalue weighted by Crippen LogP contribution is -2.54. The van der Waals surface area contributed by atoms with Gasteiger partial charge >= 0.3 is 5.97 Å². The van der Waals surface area contributed by atoms with Crippen LogP contribution in [-0.2, 0) is 18.9 Å². The summed E-state index contributed by atoms with van der Waals surface area (Å²) in [5.74, 6) is -0.182. The standard InChI is InChI=1S/C28H40O10/c1-16-10-12-28(37-16)11-6-8-17(38-28)7-4-3-5-9-21-19-13-18(14-22(33-2)23(19)26(32)36-21)35-27-25(31)24(30)20(29)15-34-27/h13-14,16-17,20-21,24-25,27,29-31H,3-12,15H2,1-2H3/t16-,17-,20-,21-,24+,25-,27+,28-/m1/s1. The molecule has 0 amide bonds. The van der Waals surface area contributed by atoms with Gasteiger partial charge < -0.3 is 43.7 Å². The highest BCUT2D eigenvalue weighted by Crippen LogP contribution is 2.43. The number of ether oxygens (including phenoxy) is 6. The molecule has 0 saturated carbocycles. The van der Waals surface area contributed by atoms with E-state index in [9.17, 15) is 20.1 Å². The second-order valence-corrected chi connectivity index (χ2v) is 11.0. The predicted octanol–water partition coefficient (Wildman–Crippen LogP) is 3.14. The number of methoxy groups -OCH3 is 1. The highest BCUT2D eigenvalue weighted by Gasteiger charge is 2.43. The normalized spacial score (nSPS) is 36.8. The number of hydrogen-bond acceptors (Lipinski definition) is 10. The van der Waals surface area contributed by atoms with Crippen molar-refractivity contribution in [2.24, 2.45) is 0 Å². The molecule has 10 heteroatoms. The van der Waals surface area contributed by atoms with E-state index in [1.54, 1.807) is 6.07 Å². The first-order chi connectivity index (χ1) is 18.3. The summed E-state index contributed by atoms with van der Waals surface area (Å²) in [6.07, 6.45) is 4.70. The minimum Gasteiger partial charge on any atom is -0.496 e. The Bertz CT molecular complexity index is 981. The number of rotatable bonds is 9. The molecule has 0 bridgehead atoms. The first kappa shape index (κ1) is 27.6. The smallest absolute Gasteiger partial charge is 0.342 e. The van der Waals surface area contributed by atoms with Crippen molar-refractivity contribution in [2.45, 2.75) is 120 Å². The first-order valence-corrected chi connectivity index (χ1v) is 13.9. The zero-order valence-electron chi connectivity index (χ0n) is 22.2. The van der Waals surface area contributed by atoms with Crippen LogP contribution < -0.4 is 9.47 Å². The van der Waals surface area contributed by atoms with Crippen LogP contribution in [0.2, 0.25) is 0 Å². The lowest BCUT2D eigenvalue weighted by molar-refractivity contribution is -0.269. The number of aliphatic hydroxyl groups excluding tert-OH is 3. The highest BCUT2D eigenvalue weighted by atomic mass is 16.7. The van der Waals surface area contributed by atoms with Crippen molar-refractivity contribution in [3.05, 3.63) is 23.3 Å². The Kier molecular flexibility index (Phi) is 8.47. The maximum absolute atomic E-state index is 12.6. The molecule has 3 fully saturated rings. The van der Waals surface area contributed by atoms with Crippen molar-refractivity contribution >= 4 is 5.97 Å². The number of esters is 1. The van der Waals surface area contributed by atoms with Crippen LogP contribution in [0.15, 0.2) is 12.1 Å². The molecule has 1 aromatic rings. The summed E-state index contributed by atoms with van der Waals surface area (Å²) in [5.41, 5.74) is 1.04. The van der Waals surface area contributed by atoms with E-state index in [2.05, 4.69) is 6.92 Å². The molecular weight excluding hydrogens is 496 g/mol. The number of hydrogen-bond donors (Lipinski definition) is 3. The number of carbonyl (C=O) groups excluding carboxylic acids is 1. The average molecular weight is 537 g/mol. The summed E-state index contributed by atoms with van der Waals surface area (Å²) < 4.78 is 34.7. The molecule has 3 saturated heterocycles. The van der Waals surface area contributed by atoms with Crippen LogP contribution in [0.1, 0.15) is 93.2 Å². The van der Waals surface area contributed by atoms with Gasteiger partial charge in [-0.15, -0.1) is 0 Å². The van der Waals surface area contributed by atoms with Gasteiger partial charge in [-0.25, -0.2) is 4.79 Å². The van der Waals surface area contributed by atoms with Gasteiger partial charge in [-0.3, -0.25) is 0 Å². The average Bonchev–Trinajstić information content (AvgIpc) is 3.42. The summed E-state index contributed by atoms with van der Waals surface area (Å²) >= 11 is 0. The van der Waals surface area contributed by atoms with Gasteiger partial charge in [0.25, 0.3) is 0 Å². The molecule has 5 rings (SSSR count). The maximum atomic E-state index is 12.6. The third-order valence-electron chi connectivity index (χ3n) is 8.14. The Morgan fingerprint density at radius 1 is 1.03 bits per heavy atom. The molecule has 0 unspecified atom stereocenters. The molecule has 8 atom stereocenters. The Hall–Kier alpha value is -1.95. The largest absolute Gasteiger partial charge is 0.496 e. The van der Waals surface area contributed by atoms with Crippen LogP contribution >= 0.6 is 0 Å². The highest BCUT2D eigenvalue weighted by molar-refractivity contribution is 5.97. The molecule has 0 aromatic heterocycles. The summed E-state index contributed by atoms with van der Waals surface area (Å²) in [4.78, 5) is 12.6. The topological polar surface area (TPSA) is 133 Å². The van der Waals surface area contributed by atoms with E-state index in [4.69, 9.17) is 28.4 Å². The lowest BCUT2D eigenvalue weighted by atomic mass is 9.95. The number of carbonyl (C=O) groups is 1. The summed E-state index contributed by atoms with van der Waals surface area (Å²) in [5, 5.41) is 29.9. The lowest BCUT2D eigenvalue weighted by Gasteiger charge is -2.38. The van der Waals surface area contributed by atoms with Crippen LogP contribution in [0, 0.1) is 0 Å². The van der Waals surface area contributed by atoms with Crippen molar-refractivity contribution in [2.75, 3.05) is 13.7 Å². The second-order valence-electron chi connectivity index (χ2n) is 11.0. The van der Waals surface area contributed by atoms with Gasteiger partial charge in [-0.1, -0.05) is 12.8 Å². The number of fused-ring (bicyclic) bond motifs is 1. The van der Waals surface area contributed by atoms with E-state index in [-0.39, 0.29) is 24.6 Å².